The molecule has 4 heteroatoms. The van der Waals surface area contributed by atoms with Crippen molar-refractivity contribution in [2.75, 3.05) is 20.3 Å². The Hall–Kier alpha value is -2.07. The van der Waals surface area contributed by atoms with E-state index in [1.807, 2.05) is 4.90 Å². The molecule has 0 N–H and O–H groups in total. The van der Waals surface area contributed by atoms with Crippen LogP contribution in [-0.4, -0.2) is 35.6 Å². The number of aryl methyl sites for hydroxylation is 1. The number of rotatable bonds is 8. The van der Waals surface area contributed by atoms with E-state index >= 15 is 0 Å². The van der Waals surface area contributed by atoms with Crippen molar-refractivity contribution in [3.05, 3.63) is 59.4 Å². The highest BCUT2D eigenvalue weighted by molar-refractivity contribution is 5.79. The summed E-state index contributed by atoms with van der Waals surface area (Å²) >= 11 is 0. The Morgan fingerprint density at radius 3 is 2.64 bits per heavy atom. The number of hydrogen-bond donors (Lipinski definition) is 0. The first-order chi connectivity index (χ1) is 12.2. The third-order valence-corrected chi connectivity index (χ3v) is 5.08. The molecule has 0 spiro atoms. The molecule has 1 aliphatic rings. The zero-order valence-electron chi connectivity index (χ0n) is 15.3. The second-order valence-corrected chi connectivity index (χ2v) is 6.99. The number of hydrogen-bond acceptors (Lipinski definition) is 2. The van der Waals surface area contributed by atoms with Crippen LogP contribution < -0.4 is 0 Å². The lowest BCUT2D eigenvalue weighted by molar-refractivity contribution is -0.139. The van der Waals surface area contributed by atoms with Crippen LogP contribution in [0.1, 0.15) is 36.1 Å². The summed E-state index contributed by atoms with van der Waals surface area (Å²) in [5, 5.41) is 0. The molecule has 0 bridgehead atoms. The van der Waals surface area contributed by atoms with E-state index in [0.717, 1.165) is 19.4 Å². The average Bonchev–Trinajstić information content (AvgIpc) is 2.98. The second kappa shape index (κ2) is 8.34. The van der Waals surface area contributed by atoms with Crippen LogP contribution in [-0.2, 0) is 22.6 Å². The van der Waals surface area contributed by atoms with E-state index < -0.39 is 0 Å². The molecule has 1 fully saturated rings. The summed E-state index contributed by atoms with van der Waals surface area (Å²) in [7, 11) is 1.69. The monoisotopic (exact) mass is 340 g/mol. The average molecular weight is 340 g/mol. The lowest BCUT2D eigenvalue weighted by atomic mass is 9.84. The van der Waals surface area contributed by atoms with Crippen LogP contribution >= 0.6 is 0 Å². The van der Waals surface area contributed by atoms with Crippen molar-refractivity contribution in [3.63, 3.8) is 0 Å². The van der Waals surface area contributed by atoms with Crippen LogP contribution in [0.2, 0.25) is 0 Å². The fourth-order valence-electron chi connectivity index (χ4n) is 3.22. The van der Waals surface area contributed by atoms with Gasteiger partial charge in [0.15, 0.2) is 0 Å². The fourth-order valence-corrected chi connectivity index (χ4v) is 3.22. The van der Waals surface area contributed by atoms with Gasteiger partial charge in [-0.15, -0.1) is 0 Å². The first-order valence-electron chi connectivity index (χ1n) is 9.14. The smallest absolute Gasteiger partial charge is 0.226 e. The highest BCUT2D eigenvalue weighted by atomic mass is 16.5. The Kier molecular flexibility index (Phi) is 5.92. The summed E-state index contributed by atoms with van der Waals surface area (Å²) in [6.07, 6.45) is 5.34. The number of carbonyl (C=O) groups is 1. The molecular formula is C21H28N2O2. The SMILES string of the molecule is COCCN(Cc1cccn1Cc1ccc(C)cc1)C(=O)C1CCC1. The Balaban J connectivity index is 1.70. The number of aromatic nitrogens is 1. The highest BCUT2D eigenvalue weighted by Crippen LogP contribution is 2.28. The number of ether oxygens (including phenoxy) is 1. The van der Waals surface area contributed by atoms with Gasteiger partial charge in [-0.25, -0.2) is 0 Å². The summed E-state index contributed by atoms with van der Waals surface area (Å²) in [5.41, 5.74) is 3.72. The molecule has 25 heavy (non-hydrogen) atoms. The van der Waals surface area contributed by atoms with Gasteiger partial charge < -0.3 is 14.2 Å². The zero-order valence-corrected chi connectivity index (χ0v) is 15.3. The Bertz CT molecular complexity index is 686. The maximum absolute atomic E-state index is 12.7. The van der Waals surface area contributed by atoms with E-state index in [1.165, 1.54) is 23.2 Å². The molecule has 0 saturated heterocycles. The van der Waals surface area contributed by atoms with E-state index in [2.05, 4.69) is 54.1 Å². The Labute approximate surface area is 150 Å². The Morgan fingerprint density at radius 1 is 1.24 bits per heavy atom. The van der Waals surface area contributed by atoms with Crippen molar-refractivity contribution in [1.29, 1.82) is 0 Å². The van der Waals surface area contributed by atoms with Crippen molar-refractivity contribution in [1.82, 2.24) is 9.47 Å². The minimum Gasteiger partial charge on any atom is -0.383 e. The summed E-state index contributed by atoms with van der Waals surface area (Å²) in [5.74, 6) is 0.503. The molecule has 1 aliphatic carbocycles. The molecule has 3 rings (SSSR count). The van der Waals surface area contributed by atoms with E-state index in [0.29, 0.717) is 19.7 Å². The minimum atomic E-state index is 0.220. The maximum atomic E-state index is 12.7. The van der Waals surface area contributed by atoms with Crippen molar-refractivity contribution >= 4 is 5.91 Å². The molecule has 0 radical (unpaired) electrons. The van der Waals surface area contributed by atoms with E-state index in [-0.39, 0.29) is 11.8 Å². The van der Waals surface area contributed by atoms with Gasteiger partial charge in [0.2, 0.25) is 5.91 Å². The third-order valence-electron chi connectivity index (χ3n) is 5.08. The molecule has 1 aromatic carbocycles. The van der Waals surface area contributed by atoms with Gasteiger partial charge in [0.25, 0.3) is 0 Å². The van der Waals surface area contributed by atoms with Gasteiger partial charge in [-0.3, -0.25) is 4.79 Å². The summed E-state index contributed by atoms with van der Waals surface area (Å²) in [4.78, 5) is 14.7. The molecule has 0 aliphatic heterocycles. The van der Waals surface area contributed by atoms with Crippen LogP contribution in [0.25, 0.3) is 0 Å². The van der Waals surface area contributed by atoms with Gasteiger partial charge in [0.05, 0.1) is 13.2 Å². The number of carbonyl (C=O) groups excluding carboxylic acids is 1. The first-order valence-corrected chi connectivity index (χ1v) is 9.14. The van der Waals surface area contributed by atoms with E-state index in [9.17, 15) is 4.79 Å². The van der Waals surface area contributed by atoms with E-state index in [1.54, 1.807) is 7.11 Å². The van der Waals surface area contributed by atoms with E-state index in [4.69, 9.17) is 4.74 Å². The van der Waals surface area contributed by atoms with Crippen molar-refractivity contribution in [2.45, 2.75) is 39.3 Å². The van der Waals surface area contributed by atoms with Gasteiger partial charge in [0, 0.05) is 38.0 Å². The number of amides is 1. The molecule has 0 unspecified atom stereocenters. The highest BCUT2D eigenvalue weighted by Gasteiger charge is 2.29. The van der Waals surface area contributed by atoms with Gasteiger partial charge in [-0.05, 0) is 37.5 Å². The third kappa shape index (κ3) is 4.51. The molecule has 2 aromatic rings. The summed E-state index contributed by atoms with van der Waals surface area (Å²) in [6.45, 7) is 4.82. The molecule has 134 valence electrons. The molecule has 4 nitrogen and oxygen atoms in total. The fraction of sp³-hybridized carbons (Fsp3) is 0.476. The predicted molar refractivity (Wildman–Crippen MR) is 99.3 cm³/mol. The van der Waals surface area contributed by atoms with Gasteiger partial charge in [-0.2, -0.15) is 0 Å². The molecular weight excluding hydrogens is 312 g/mol. The lowest BCUT2D eigenvalue weighted by Crippen LogP contribution is -2.40. The minimum absolute atomic E-state index is 0.220. The van der Waals surface area contributed by atoms with Crippen LogP contribution in [0, 0.1) is 12.8 Å². The summed E-state index contributed by atoms with van der Waals surface area (Å²) in [6, 6.07) is 12.8. The van der Waals surface area contributed by atoms with Crippen molar-refractivity contribution in [3.8, 4) is 0 Å². The number of nitrogens with zero attached hydrogens (tertiary/aromatic N) is 2. The van der Waals surface area contributed by atoms with Crippen molar-refractivity contribution < 1.29 is 9.53 Å². The van der Waals surface area contributed by atoms with Crippen LogP contribution in [0.15, 0.2) is 42.6 Å². The maximum Gasteiger partial charge on any atom is 0.226 e. The summed E-state index contributed by atoms with van der Waals surface area (Å²) < 4.78 is 7.44. The Morgan fingerprint density at radius 2 is 2.00 bits per heavy atom. The number of benzene rings is 1. The standard InChI is InChI=1S/C21H28N2O2/c1-17-8-10-18(11-9-17)15-22-12-4-7-20(22)16-23(13-14-25-2)21(24)19-5-3-6-19/h4,7-12,19H,3,5-6,13-16H2,1-2H3. The molecule has 1 saturated carbocycles. The molecule has 0 atom stereocenters. The van der Waals surface area contributed by atoms with Gasteiger partial charge >= 0.3 is 0 Å². The van der Waals surface area contributed by atoms with Gasteiger partial charge in [0.1, 0.15) is 0 Å². The normalized spacial score (nSPS) is 14.3. The van der Waals surface area contributed by atoms with Crippen LogP contribution in [0.5, 0.6) is 0 Å². The van der Waals surface area contributed by atoms with Crippen molar-refractivity contribution in [2.24, 2.45) is 5.92 Å². The second-order valence-electron chi connectivity index (χ2n) is 6.99. The number of methoxy groups -OCH3 is 1. The lowest BCUT2D eigenvalue weighted by Gasteiger charge is -2.32. The topological polar surface area (TPSA) is 34.5 Å². The largest absolute Gasteiger partial charge is 0.383 e. The molecule has 1 amide bonds. The van der Waals surface area contributed by atoms with Gasteiger partial charge in [-0.1, -0.05) is 36.2 Å². The first kappa shape index (κ1) is 17.7. The quantitative estimate of drug-likeness (QED) is 0.735. The van der Waals surface area contributed by atoms with Crippen LogP contribution in [0.4, 0.5) is 0 Å². The molecule has 1 heterocycles. The predicted octanol–water partition coefficient (Wildman–Crippen LogP) is 3.62. The van der Waals surface area contributed by atoms with Crippen LogP contribution in [0.3, 0.4) is 0 Å². The molecule has 1 aromatic heterocycles. The zero-order chi connectivity index (χ0) is 17.6.